The molecule has 0 fully saturated rings. The highest BCUT2D eigenvalue weighted by Gasteiger charge is 2.21. The largest absolute Gasteiger partial charge is 0.478 e. The van der Waals surface area contributed by atoms with Crippen molar-refractivity contribution in [2.24, 2.45) is 0 Å². The van der Waals surface area contributed by atoms with E-state index >= 15 is 0 Å². The molecule has 0 bridgehead atoms. The van der Waals surface area contributed by atoms with Gasteiger partial charge >= 0.3 is 5.97 Å². The van der Waals surface area contributed by atoms with E-state index in [0.717, 1.165) is 22.6 Å². The van der Waals surface area contributed by atoms with E-state index in [2.05, 4.69) is 19.9 Å². The first-order valence-electron chi connectivity index (χ1n) is 9.23. The maximum Gasteiger partial charge on any atom is 0.335 e. The van der Waals surface area contributed by atoms with E-state index in [1.165, 1.54) is 12.1 Å². The van der Waals surface area contributed by atoms with Crippen molar-refractivity contribution in [1.82, 2.24) is 19.9 Å². The molecule has 0 spiro atoms. The van der Waals surface area contributed by atoms with Gasteiger partial charge in [0.05, 0.1) is 17.0 Å². The molecule has 3 heterocycles. The van der Waals surface area contributed by atoms with E-state index in [1.54, 1.807) is 12.4 Å². The third-order valence-electron chi connectivity index (χ3n) is 4.95. The van der Waals surface area contributed by atoms with Crippen LogP contribution in [0.3, 0.4) is 0 Å². The standard InChI is InChI=1S/C23H15FN4O2/c24-18-7-6-14(23(29)30)12-17(18)20-19(15-8-10-25-22-16(15)9-11-26-22)27-21(28-20)13-4-2-1-3-5-13/h1-12H,(H,25,26)(H,27,28)(H,29,30). The van der Waals surface area contributed by atoms with E-state index in [4.69, 9.17) is 0 Å². The molecule has 5 aromatic rings. The predicted molar refractivity (Wildman–Crippen MR) is 111 cm³/mol. The number of hydrogen-bond donors (Lipinski definition) is 3. The van der Waals surface area contributed by atoms with Crippen LogP contribution in [0.25, 0.3) is 44.9 Å². The zero-order chi connectivity index (χ0) is 20.7. The second-order valence-corrected chi connectivity index (χ2v) is 6.77. The van der Waals surface area contributed by atoms with Crippen LogP contribution in [0.2, 0.25) is 0 Å². The van der Waals surface area contributed by atoms with E-state index in [0.29, 0.717) is 22.9 Å². The molecule has 3 N–H and O–H groups in total. The molecule has 2 aromatic carbocycles. The molecular formula is C23H15FN4O2. The number of imidazole rings is 1. The summed E-state index contributed by atoms with van der Waals surface area (Å²) in [6, 6.07) is 16.9. The van der Waals surface area contributed by atoms with Crippen LogP contribution in [0.1, 0.15) is 10.4 Å². The maximum atomic E-state index is 14.8. The molecule has 0 aliphatic heterocycles. The quantitative estimate of drug-likeness (QED) is 0.391. The summed E-state index contributed by atoms with van der Waals surface area (Å²) in [5.74, 6) is -1.12. The summed E-state index contributed by atoms with van der Waals surface area (Å²) in [6.45, 7) is 0. The number of rotatable bonds is 4. The van der Waals surface area contributed by atoms with Gasteiger partial charge < -0.3 is 15.1 Å². The predicted octanol–water partition coefficient (Wildman–Crippen LogP) is 5.12. The number of pyridine rings is 1. The normalized spacial score (nSPS) is 11.1. The smallest absolute Gasteiger partial charge is 0.335 e. The fraction of sp³-hybridized carbons (Fsp3) is 0. The fourth-order valence-electron chi connectivity index (χ4n) is 3.51. The summed E-state index contributed by atoms with van der Waals surface area (Å²) < 4.78 is 14.8. The Balaban J connectivity index is 1.80. The van der Waals surface area contributed by atoms with Crippen LogP contribution in [-0.4, -0.2) is 31.0 Å². The van der Waals surface area contributed by atoms with E-state index in [-0.39, 0.29) is 11.1 Å². The number of carboxylic acid groups (broad SMARTS) is 1. The number of nitrogens with one attached hydrogen (secondary N) is 2. The van der Waals surface area contributed by atoms with Gasteiger partial charge in [-0.25, -0.2) is 19.2 Å². The van der Waals surface area contributed by atoms with Gasteiger partial charge in [0.15, 0.2) is 0 Å². The number of benzene rings is 2. The molecule has 0 amide bonds. The van der Waals surface area contributed by atoms with Crippen LogP contribution in [-0.2, 0) is 0 Å². The first-order chi connectivity index (χ1) is 14.6. The second-order valence-electron chi connectivity index (χ2n) is 6.77. The summed E-state index contributed by atoms with van der Waals surface area (Å²) in [6.07, 6.45) is 3.44. The molecule has 0 atom stereocenters. The third-order valence-corrected chi connectivity index (χ3v) is 4.95. The average molecular weight is 398 g/mol. The molecular weight excluding hydrogens is 383 g/mol. The number of aromatic amines is 2. The van der Waals surface area contributed by atoms with E-state index < -0.39 is 11.8 Å². The maximum absolute atomic E-state index is 14.8. The van der Waals surface area contributed by atoms with Gasteiger partial charge in [-0.3, -0.25) is 0 Å². The highest BCUT2D eigenvalue weighted by molar-refractivity contribution is 5.97. The minimum atomic E-state index is -1.13. The van der Waals surface area contributed by atoms with Crippen LogP contribution in [0.4, 0.5) is 4.39 Å². The Morgan fingerprint density at radius 3 is 2.63 bits per heavy atom. The first-order valence-corrected chi connectivity index (χ1v) is 9.23. The number of hydrogen-bond acceptors (Lipinski definition) is 3. The van der Waals surface area contributed by atoms with Crippen molar-refractivity contribution in [1.29, 1.82) is 0 Å². The van der Waals surface area contributed by atoms with Gasteiger partial charge in [0.2, 0.25) is 0 Å². The van der Waals surface area contributed by atoms with Crippen molar-refractivity contribution < 1.29 is 14.3 Å². The van der Waals surface area contributed by atoms with Crippen molar-refractivity contribution in [3.05, 3.63) is 84.4 Å². The second kappa shape index (κ2) is 6.97. The minimum absolute atomic E-state index is 0.0110. The van der Waals surface area contributed by atoms with Crippen molar-refractivity contribution >= 4 is 17.0 Å². The zero-order valence-corrected chi connectivity index (χ0v) is 15.6. The number of nitrogens with zero attached hydrogens (tertiary/aromatic N) is 2. The molecule has 0 saturated carbocycles. The van der Waals surface area contributed by atoms with Crippen LogP contribution >= 0.6 is 0 Å². The Morgan fingerprint density at radius 2 is 1.83 bits per heavy atom. The number of fused-ring (bicyclic) bond motifs is 1. The van der Waals surface area contributed by atoms with Gasteiger partial charge in [0.25, 0.3) is 0 Å². The van der Waals surface area contributed by atoms with Gasteiger partial charge in [-0.15, -0.1) is 0 Å². The SMILES string of the molecule is O=C(O)c1ccc(F)c(-c2nc(-c3ccccc3)[nH]c2-c2ccnc3[nH]ccc23)c1. The van der Waals surface area contributed by atoms with Gasteiger partial charge in [0.1, 0.15) is 17.3 Å². The minimum Gasteiger partial charge on any atom is -0.478 e. The highest BCUT2D eigenvalue weighted by atomic mass is 19.1. The van der Waals surface area contributed by atoms with Crippen molar-refractivity contribution in [2.45, 2.75) is 0 Å². The summed E-state index contributed by atoms with van der Waals surface area (Å²) in [5.41, 5.74) is 3.33. The third kappa shape index (κ3) is 2.93. The Labute approximate surface area is 170 Å². The Morgan fingerprint density at radius 1 is 1.00 bits per heavy atom. The lowest BCUT2D eigenvalue weighted by Gasteiger charge is -2.07. The number of H-pyrrole nitrogens is 2. The molecule has 0 saturated heterocycles. The van der Waals surface area contributed by atoms with Crippen LogP contribution in [0.5, 0.6) is 0 Å². The fourth-order valence-corrected chi connectivity index (χ4v) is 3.51. The molecule has 6 nitrogen and oxygen atoms in total. The Kier molecular flexibility index (Phi) is 4.14. The Hall–Kier alpha value is -4.26. The highest BCUT2D eigenvalue weighted by Crippen LogP contribution is 2.37. The number of aromatic carboxylic acids is 1. The molecule has 30 heavy (non-hydrogen) atoms. The van der Waals surface area contributed by atoms with Crippen LogP contribution < -0.4 is 0 Å². The molecule has 0 aliphatic rings. The number of carbonyl (C=O) groups is 1. The number of halogens is 1. The molecule has 5 rings (SSSR count). The molecule has 0 unspecified atom stereocenters. The van der Waals surface area contributed by atoms with Gasteiger partial charge in [0, 0.05) is 34.5 Å². The lowest BCUT2D eigenvalue weighted by atomic mass is 10.0. The topological polar surface area (TPSA) is 94.7 Å². The monoisotopic (exact) mass is 398 g/mol. The summed E-state index contributed by atoms with van der Waals surface area (Å²) in [5, 5.41) is 10.2. The van der Waals surface area contributed by atoms with Gasteiger partial charge in [-0.05, 0) is 30.3 Å². The molecule has 0 radical (unpaired) electrons. The van der Waals surface area contributed by atoms with E-state index in [1.807, 2.05) is 42.5 Å². The van der Waals surface area contributed by atoms with Gasteiger partial charge in [-0.1, -0.05) is 30.3 Å². The molecule has 146 valence electrons. The summed E-state index contributed by atoms with van der Waals surface area (Å²) >= 11 is 0. The number of carboxylic acids is 1. The summed E-state index contributed by atoms with van der Waals surface area (Å²) in [4.78, 5) is 26.8. The van der Waals surface area contributed by atoms with Crippen molar-refractivity contribution in [3.8, 4) is 33.9 Å². The lowest BCUT2D eigenvalue weighted by Crippen LogP contribution is -1.98. The van der Waals surface area contributed by atoms with Crippen molar-refractivity contribution in [3.63, 3.8) is 0 Å². The zero-order valence-electron chi connectivity index (χ0n) is 15.6. The average Bonchev–Trinajstić information content (AvgIpc) is 3.42. The molecule has 7 heteroatoms. The first kappa shape index (κ1) is 17.8. The Bertz CT molecular complexity index is 1390. The molecule has 3 aromatic heterocycles. The van der Waals surface area contributed by atoms with Gasteiger partial charge in [-0.2, -0.15) is 0 Å². The lowest BCUT2D eigenvalue weighted by molar-refractivity contribution is 0.0697. The van der Waals surface area contributed by atoms with Crippen LogP contribution in [0.15, 0.2) is 73.1 Å². The van der Waals surface area contributed by atoms with Crippen LogP contribution in [0, 0.1) is 5.82 Å². The summed E-state index contributed by atoms with van der Waals surface area (Å²) in [7, 11) is 0. The number of aromatic nitrogens is 4. The molecule has 0 aliphatic carbocycles. The van der Waals surface area contributed by atoms with E-state index in [9.17, 15) is 14.3 Å². The van der Waals surface area contributed by atoms with Crippen molar-refractivity contribution in [2.75, 3.05) is 0 Å².